The Morgan fingerprint density at radius 3 is 2.45 bits per heavy atom. The van der Waals surface area contributed by atoms with Crippen molar-refractivity contribution in [3.63, 3.8) is 0 Å². The first-order valence-corrected chi connectivity index (χ1v) is 6.75. The van der Waals surface area contributed by atoms with E-state index in [1.807, 2.05) is 0 Å². The van der Waals surface area contributed by atoms with Crippen molar-refractivity contribution in [3.8, 4) is 11.5 Å². The third kappa shape index (κ3) is 3.36. The number of carboxylic acid groups (broad SMARTS) is 1. The summed E-state index contributed by atoms with van der Waals surface area (Å²) in [6.07, 6.45) is 0.180. The lowest BCUT2D eigenvalue weighted by Gasteiger charge is -2.17. The lowest BCUT2D eigenvalue weighted by molar-refractivity contribution is -0.138. The van der Waals surface area contributed by atoms with E-state index in [0.29, 0.717) is 17.1 Å². The van der Waals surface area contributed by atoms with Crippen LogP contribution >= 0.6 is 0 Å². The Kier molecular flexibility index (Phi) is 4.99. The normalized spacial score (nSPS) is 11.8. The second kappa shape index (κ2) is 6.93. The van der Waals surface area contributed by atoms with Crippen LogP contribution in [0.5, 0.6) is 11.5 Å². The predicted octanol–water partition coefficient (Wildman–Crippen LogP) is 3.25. The quantitative estimate of drug-likeness (QED) is 0.890. The monoisotopic (exact) mass is 304 g/mol. The van der Waals surface area contributed by atoms with Crippen molar-refractivity contribution in [2.24, 2.45) is 0 Å². The highest BCUT2D eigenvalue weighted by Gasteiger charge is 2.25. The summed E-state index contributed by atoms with van der Waals surface area (Å²) < 4.78 is 23.9. The van der Waals surface area contributed by atoms with Gasteiger partial charge in [-0.2, -0.15) is 0 Å². The third-order valence-electron chi connectivity index (χ3n) is 3.48. The highest BCUT2D eigenvalue weighted by Crippen LogP contribution is 2.32. The molecular weight excluding hydrogens is 287 g/mol. The minimum absolute atomic E-state index is 0.180. The van der Waals surface area contributed by atoms with Gasteiger partial charge in [0, 0.05) is 5.56 Å². The van der Waals surface area contributed by atoms with Crippen LogP contribution in [0.4, 0.5) is 4.39 Å². The number of methoxy groups -OCH3 is 2. The molecule has 0 bridgehead atoms. The Balaban J connectivity index is 2.43. The second-order valence-electron chi connectivity index (χ2n) is 4.79. The van der Waals surface area contributed by atoms with Crippen LogP contribution < -0.4 is 9.47 Å². The fourth-order valence-electron chi connectivity index (χ4n) is 2.40. The van der Waals surface area contributed by atoms with Crippen molar-refractivity contribution in [1.29, 1.82) is 0 Å². The van der Waals surface area contributed by atoms with Crippen molar-refractivity contribution in [2.45, 2.75) is 12.3 Å². The average molecular weight is 304 g/mol. The number of para-hydroxylation sites is 1. The van der Waals surface area contributed by atoms with E-state index in [9.17, 15) is 14.3 Å². The number of benzene rings is 2. The molecule has 2 aromatic rings. The van der Waals surface area contributed by atoms with Crippen LogP contribution in [0.15, 0.2) is 42.5 Å². The van der Waals surface area contributed by atoms with Crippen LogP contribution in [0.2, 0.25) is 0 Å². The molecule has 0 radical (unpaired) electrons. The van der Waals surface area contributed by atoms with Crippen LogP contribution in [0.3, 0.4) is 0 Å². The van der Waals surface area contributed by atoms with Gasteiger partial charge in [0.25, 0.3) is 0 Å². The molecule has 1 atom stereocenters. The largest absolute Gasteiger partial charge is 0.496 e. The van der Waals surface area contributed by atoms with Crippen molar-refractivity contribution in [3.05, 3.63) is 59.4 Å². The SMILES string of the molecule is COc1ccccc1CC(C(=O)O)c1cc(F)ccc1OC. The molecule has 4 nitrogen and oxygen atoms in total. The second-order valence-corrected chi connectivity index (χ2v) is 4.79. The van der Waals surface area contributed by atoms with Crippen molar-refractivity contribution in [2.75, 3.05) is 14.2 Å². The molecule has 0 amide bonds. The zero-order valence-corrected chi connectivity index (χ0v) is 12.4. The summed E-state index contributed by atoms with van der Waals surface area (Å²) in [6.45, 7) is 0. The molecule has 0 saturated heterocycles. The lowest BCUT2D eigenvalue weighted by atomic mass is 9.91. The highest BCUT2D eigenvalue weighted by atomic mass is 19.1. The van der Waals surface area contributed by atoms with E-state index in [0.717, 1.165) is 5.56 Å². The number of carbonyl (C=O) groups is 1. The average Bonchev–Trinajstić information content (AvgIpc) is 2.52. The van der Waals surface area contributed by atoms with Crippen molar-refractivity contribution in [1.82, 2.24) is 0 Å². The third-order valence-corrected chi connectivity index (χ3v) is 3.48. The molecule has 2 rings (SSSR count). The molecule has 1 N–H and O–H groups in total. The number of rotatable bonds is 6. The van der Waals surface area contributed by atoms with E-state index >= 15 is 0 Å². The topological polar surface area (TPSA) is 55.8 Å². The zero-order chi connectivity index (χ0) is 16.1. The van der Waals surface area contributed by atoms with E-state index in [2.05, 4.69) is 0 Å². The summed E-state index contributed by atoms with van der Waals surface area (Å²) in [5.41, 5.74) is 1.05. The summed E-state index contributed by atoms with van der Waals surface area (Å²) in [5.74, 6) is -1.52. The molecule has 0 spiro atoms. The maximum atomic E-state index is 13.5. The predicted molar refractivity (Wildman–Crippen MR) is 80.0 cm³/mol. The number of hydrogen-bond acceptors (Lipinski definition) is 3. The summed E-state index contributed by atoms with van der Waals surface area (Å²) >= 11 is 0. The zero-order valence-electron chi connectivity index (χ0n) is 12.4. The lowest BCUT2D eigenvalue weighted by Crippen LogP contribution is -2.16. The van der Waals surface area contributed by atoms with Crippen molar-refractivity contribution >= 4 is 5.97 Å². The molecule has 0 fully saturated rings. The van der Waals surface area contributed by atoms with Gasteiger partial charge in [-0.1, -0.05) is 18.2 Å². The Morgan fingerprint density at radius 2 is 1.82 bits per heavy atom. The van der Waals surface area contributed by atoms with E-state index in [4.69, 9.17) is 9.47 Å². The molecule has 0 aliphatic carbocycles. The Labute approximate surface area is 128 Å². The first-order chi connectivity index (χ1) is 10.6. The molecule has 5 heteroatoms. The van der Waals surface area contributed by atoms with Crippen LogP contribution in [0.25, 0.3) is 0 Å². The molecule has 0 saturated carbocycles. The molecule has 1 unspecified atom stereocenters. The Bertz CT molecular complexity index is 669. The number of ether oxygens (including phenoxy) is 2. The fraction of sp³-hybridized carbons (Fsp3) is 0.235. The maximum Gasteiger partial charge on any atom is 0.311 e. The molecule has 0 aromatic heterocycles. The van der Waals surface area contributed by atoms with E-state index in [-0.39, 0.29) is 6.42 Å². The molecule has 116 valence electrons. The maximum absolute atomic E-state index is 13.5. The summed E-state index contributed by atoms with van der Waals surface area (Å²) in [4.78, 5) is 11.7. The van der Waals surface area contributed by atoms with Gasteiger partial charge in [0.05, 0.1) is 20.1 Å². The highest BCUT2D eigenvalue weighted by molar-refractivity contribution is 5.78. The molecular formula is C17H17FO4. The van der Waals surface area contributed by atoms with Crippen LogP contribution in [-0.4, -0.2) is 25.3 Å². The van der Waals surface area contributed by atoms with Gasteiger partial charge in [-0.25, -0.2) is 4.39 Å². The van der Waals surface area contributed by atoms with Gasteiger partial charge in [-0.15, -0.1) is 0 Å². The fourth-order valence-corrected chi connectivity index (χ4v) is 2.40. The van der Waals surface area contributed by atoms with Crippen molar-refractivity contribution < 1.29 is 23.8 Å². The van der Waals surface area contributed by atoms with Gasteiger partial charge in [-0.05, 0) is 36.2 Å². The first kappa shape index (κ1) is 15.8. The minimum atomic E-state index is -1.05. The number of carboxylic acids is 1. The first-order valence-electron chi connectivity index (χ1n) is 6.75. The number of halogens is 1. The van der Waals surface area contributed by atoms with Gasteiger partial charge >= 0.3 is 5.97 Å². The summed E-state index contributed by atoms with van der Waals surface area (Å²) in [6, 6.07) is 11.0. The van der Waals surface area contributed by atoms with Gasteiger partial charge in [0.1, 0.15) is 17.3 Å². The van der Waals surface area contributed by atoms with E-state index < -0.39 is 17.7 Å². The summed E-state index contributed by atoms with van der Waals surface area (Å²) in [5, 5.41) is 9.54. The number of hydrogen-bond donors (Lipinski definition) is 1. The van der Waals surface area contributed by atoms with E-state index in [1.54, 1.807) is 24.3 Å². The van der Waals surface area contributed by atoms with Crippen LogP contribution in [-0.2, 0) is 11.2 Å². The molecule has 22 heavy (non-hydrogen) atoms. The molecule has 0 aliphatic rings. The number of aliphatic carboxylic acids is 1. The summed E-state index contributed by atoms with van der Waals surface area (Å²) in [7, 11) is 2.95. The van der Waals surface area contributed by atoms with Gasteiger partial charge in [0.15, 0.2) is 0 Å². The van der Waals surface area contributed by atoms with Gasteiger partial charge in [0.2, 0.25) is 0 Å². The Morgan fingerprint density at radius 1 is 1.14 bits per heavy atom. The molecule has 0 heterocycles. The van der Waals surface area contributed by atoms with Crippen LogP contribution in [0, 0.1) is 5.82 Å². The van der Waals surface area contributed by atoms with Gasteiger partial charge in [-0.3, -0.25) is 4.79 Å². The molecule has 0 aliphatic heterocycles. The molecule has 2 aromatic carbocycles. The van der Waals surface area contributed by atoms with E-state index in [1.165, 1.54) is 32.4 Å². The Hall–Kier alpha value is -2.56. The van der Waals surface area contributed by atoms with Crippen LogP contribution in [0.1, 0.15) is 17.0 Å². The smallest absolute Gasteiger partial charge is 0.311 e. The standard InChI is InChI=1S/C17H17FO4/c1-21-15-6-4-3-5-11(15)9-14(17(19)20)13-10-12(18)7-8-16(13)22-2/h3-8,10,14H,9H2,1-2H3,(H,19,20). The minimum Gasteiger partial charge on any atom is -0.496 e. The van der Waals surface area contributed by atoms with Gasteiger partial charge < -0.3 is 14.6 Å².